The van der Waals surface area contributed by atoms with E-state index in [1.807, 2.05) is 24.0 Å². The van der Waals surface area contributed by atoms with Crippen molar-refractivity contribution in [1.82, 2.24) is 9.80 Å². The second-order valence-corrected chi connectivity index (χ2v) is 10.6. The molecule has 0 spiro atoms. The molecule has 1 saturated carbocycles. The van der Waals surface area contributed by atoms with E-state index in [9.17, 15) is 9.59 Å². The van der Waals surface area contributed by atoms with E-state index < -0.39 is 0 Å². The highest BCUT2D eigenvalue weighted by Gasteiger charge is 2.35. The predicted octanol–water partition coefficient (Wildman–Crippen LogP) is 6.35. The van der Waals surface area contributed by atoms with Gasteiger partial charge in [-0.1, -0.05) is 55.0 Å². The van der Waals surface area contributed by atoms with E-state index >= 15 is 0 Å². The highest BCUT2D eigenvalue weighted by atomic mass is 35.5. The van der Waals surface area contributed by atoms with Crippen molar-refractivity contribution in [3.63, 3.8) is 0 Å². The Hall–Kier alpha value is -1.56. The molecule has 2 amide bonds. The first kappa shape index (κ1) is 23.6. The van der Waals surface area contributed by atoms with Gasteiger partial charge in [0.1, 0.15) is 0 Å². The minimum Gasteiger partial charge on any atom is -0.334 e. The number of nitrogens with zero attached hydrogens (tertiary/aromatic N) is 2. The summed E-state index contributed by atoms with van der Waals surface area (Å²) in [7, 11) is 0. The first-order chi connectivity index (χ1) is 15.5. The monoisotopic (exact) mass is 492 g/mol. The van der Waals surface area contributed by atoms with E-state index in [1.54, 1.807) is 22.3 Å². The van der Waals surface area contributed by atoms with Crippen LogP contribution in [0.15, 0.2) is 29.6 Å². The molecule has 32 heavy (non-hydrogen) atoms. The summed E-state index contributed by atoms with van der Waals surface area (Å²) < 4.78 is 0. The Labute approximate surface area is 204 Å². The molecule has 4 rings (SSSR count). The molecule has 0 N–H and O–H groups in total. The van der Waals surface area contributed by atoms with Crippen LogP contribution in [0.1, 0.15) is 67.5 Å². The Kier molecular flexibility index (Phi) is 7.80. The van der Waals surface area contributed by atoms with Gasteiger partial charge >= 0.3 is 0 Å². The second-order valence-electron chi connectivity index (χ2n) is 8.80. The molecule has 2 aromatic rings. The van der Waals surface area contributed by atoms with E-state index in [4.69, 9.17) is 23.2 Å². The van der Waals surface area contributed by atoms with Gasteiger partial charge < -0.3 is 9.80 Å². The molecule has 0 saturated heterocycles. The first-order valence-electron chi connectivity index (χ1n) is 11.6. The molecule has 1 aliphatic carbocycles. The van der Waals surface area contributed by atoms with Crippen LogP contribution in [0, 0.1) is 5.92 Å². The van der Waals surface area contributed by atoms with Gasteiger partial charge in [0.25, 0.3) is 0 Å². The standard InChI is InChI=1S/C25H30Cl2N2O2S/c1-2-28(23(30)10-7-17-5-3-4-6-17)16-24(31)29-13-11-22-20(12-14-32-22)25(29)19-9-8-18(26)15-21(19)27/h8-9,12,14-15,17,25H,2-7,10-11,13,16H2,1H3. The molecule has 2 heterocycles. The van der Waals surface area contributed by atoms with Gasteiger partial charge in [-0.2, -0.15) is 0 Å². The van der Waals surface area contributed by atoms with Crippen molar-refractivity contribution in [1.29, 1.82) is 0 Å². The fraction of sp³-hybridized carbons (Fsp3) is 0.520. The van der Waals surface area contributed by atoms with Crippen LogP contribution >= 0.6 is 34.5 Å². The zero-order chi connectivity index (χ0) is 22.7. The minimum absolute atomic E-state index is 0.0334. The van der Waals surface area contributed by atoms with Crippen LogP contribution in [0.25, 0.3) is 0 Å². The van der Waals surface area contributed by atoms with E-state index in [1.165, 1.54) is 30.6 Å². The molecule has 0 radical (unpaired) electrons. The number of thiophene rings is 1. The van der Waals surface area contributed by atoms with Gasteiger partial charge in [0.2, 0.25) is 11.8 Å². The van der Waals surface area contributed by atoms with Gasteiger partial charge in [-0.3, -0.25) is 9.59 Å². The van der Waals surface area contributed by atoms with E-state index in [-0.39, 0.29) is 24.4 Å². The van der Waals surface area contributed by atoms with Crippen LogP contribution in [-0.2, 0) is 16.0 Å². The highest BCUT2D eigenvalue weighted by molar-refractivity contribution is 7.10. The fourth-order valence-corrected chi connectivity index (χ4v) is 6.47. The number of carbonyl (C=O) groups is 2. The molecule has 0 bridgehead atoms. The molecular weight excluding hydrogens is 463 g/mol. The third-order valence-corrected chi connectivity index (χ3v) is 8.40. The average molecular weight is 494 g/mol. The third kappa shape index (κ3) is 5.16. The first-order valence-corrected chi connectivity index (χ1v) is 13.2. The largest absolute Gasteiger partial charge is 0.334 e. The fourth-order valence-electron chi connectivity index (χ4n) is 5.06. The lowest BCUT2D eigenvalue weighted by Gasteiger charge is -2.38. The van der Waals surface area contributed by atoms with E-state index in [0.717, 1.165) is 24.0 Å². The Morgan fingerprint density at radius 1 is 1.16 bits per heavy atom. The number of amides is 2. The lowest BCUT2D eigenvalue weighted by molar-refractivity contribution is -0.141. The summed E-state index contributed by atoms with van der Waals surface area (Å²) in [5.74, 6) is 0.722. The Morgan fingerprint density at radius 3 is 2.66 bits per heavy atom. The highest BCUT2D eigenvalue weighted by Crippen LogP contribution is 2.41. The molecule has 1 aromatic carbocycles. The van der Waals surface area contributed by atoms with Gasteiger partial charge in [0.05, 0.1) is 12.6 Å². The van der Waals surface area contributed by atoms with Crippen LogP contribution in [0.3, 0.4) is 0 Å². The van der Waals surface area contributed by atoms with Crippen molar-refractivity contribution in [2.75, 3.05) is 19.6 Å². The average Bonchev–Trinajstić information content (AvgIpc) is 3.47. The number of carbonyl (C=O) groups excluding carboxylic acids is 2. The van der Waals surface area contributed by atoms with Crippen molar-refractivity contribution in [2.45, 2.75) is 57.9 Å². The molecule has 1 aliphatic heterocycles. The second kappa shape index (κ2) is 10.6. The molecule has 1 unspecified atom stereocenters. The van der Waals surface area contributed by atoms with Crippen molar-refractivity contribution in [3.8, 4) is 0 Å². The minimum atomic E-state index is -0.255. The third-order valence-electron chi connectivity index (χ3n) is 6.85. The molecule has 4 nitrogen and oxygen atoms in total. The van der Waals surface area contributed by atoms with Crippen LogP contribution in [-0.4, -0.2) is 41.2 Å². The topological polar surface area (TPSA) is 40.6 Å². The van der Waals surface area contributed by atoms with Crippen LogP contribution in [0.2, 0.25) is 10.0 Å². The SMILES string of the molecule is CCN(CC(=O)N1CCc2sccc2C1c1ccc(Cl)cc1Cl)C(=O)CCC1CCCC1. The lowest BCUT2D eigenvalue weighted by Crippen LogP contribution is -2.46. The van der Waals surface area contributed by atoms with Crippen molar-refractivity contribution >= 4 is 46.4 Å². The summed E-state index contributed by atoms with van der Waals surface area (Å²) >= 11 is 14.4. The van der Waals surface area contributed by atoms with Crippen molar-refractivity contribution in [3.05, 3.63) is 55.7 Å². The van der Waals surface area contributed by atoms with E-state index in [0.29, 0.717) is 35.5 Å². The number of halogens is 2. The summed E-state index contributed by atoms with van der Waals surface area (Å²) in [5.41, 5.74) is 1.99. The molecule has 1 atom stereocenters. The maximum Gasteiger partial charge on any atom is 0.242 e. The maximum atomic E-state index is 13.5. The Bertz CT molecular complexity index is 971. The summed E-state index contributed by atoms with van der Waals surface area (Å²) in [5, 5.41) is 3.20. The van der Waals surface area contributed by atoms with Gasteiger partial charge in [-0.15, -0.1) is 11.3 Å². The van der Waals surface area contributed by atoms with Gasteiger partial charge in [-0.25, -0.2) is 0 Å². The quantitative estimate of drug-likeness (QED) is 0.451. The molecule has 1 aromatic heterocycles. The van der Waals surface area contributed by atoms with Gasteiger partial charge in [-0.05, 0) is 60.4 Å². The van der Waals surface area contributed by atoms with Crippen LogP contribution < -0.4 is 0 Å². The normalized spacial score (nSPS) is 18.6. The Morgan fingerprint density at radius 2 is 1.94 bits per heavy atom. The van der Waals surface area contributed by atoms with Crippen LogP contribution in [0.4, 0.5) is 0 Å². The summed E-state index contributed by atoms with van der Waals surface area (Å²) in [6, 6.07) is 7.28. The number of hydrogen-bond donors (Lipinski definition) is 0. The molecular formula is C25H30Cl2N2O2S. The van der Waals surface area contributed by atoms with Crippen molar-refractivity contribution in [2.24, 2.45) is 5.92 Å². The van der Waals surface area contributed by atoms with Crippen LogP contribution in [0.5, 0.6) is 0 Å². The number of fused-ring (bicyclic) bond motifs is 1. The molecule has 1 fully saturated rings. The summed E-state index contributed by atoms with van der Waals surface area (Å²) in [6.45, 7) is 3.21. The molecule has 2 aliphatic rings. The zero-order valence-corrected chi connectivity index (χ0v) is 20.8. The van der Waals surface area contributed by atoms with E-state index in [2.05, 4.69) is 11.4 Å². The maximum absolute atomic E-state index is 13.5. The zero-order valence-electron chi connectivity index (χ0n) is 18.5. The predicted molar refractivity (Wildman–Crippen MR) is 131 cm³/mol. The van der Waals surface area contributed by atoms with Gasteiger partial charge in [0, 0.05) is 34.4 Å². The summed E-state index contributed by atoms with van der Waals surface area (Å²) in [6.07, 6.45) is 7.33. The number of benzene rings is 1. The number of rotatable bonds is 7. The molecule has 7 heteroatoms. The Balaban J connectivity index is 1.51. The van der Waals surface area contributed by atoms with Crippen molar-refractivity contribution < 1.29 is 9.59 Å². The molecule has 172 valence electrons. The lowest BCUT2D eigenvalue weighted by atomic mass is 9.93. The summed E-state index contributed by atoms with van der Waals surface area (Å²) in [4.78, 5) is 31.2. The number of likely N-dealkylation sites (N-methyl/N-ethyl adjacent to an activating group) is 1. The smallest absolute Gasteiger partial charge is 0.242 e. The number of hydrogen-bond acceptors (Lipinski definition) is 3. The van der Waals surface area contributed by atoms with Gasteiger partial charge in [0.15, 0.2) is 0 Å².